The van der Waals surface area contributed by atoms with Crippen LogP contribution in [0, 0.1) is 6.57 Å². The molecule has 0 saturated heterocycles. The molecular weight excluding hydrogens is 500 g/mol. The van der Waals surface area contributed by atoms with Gasteiger partial charge in [-0.05, 0) is 56.9 Å². The number of esters is 1. The van der Waals surface area contributed by atoms with Crippen molar-refractivity contribution in [1.82, 2.24) is 14.9 Å². The second-order valence-corrected chi connectivity index (χ2v) is 11.3. The summed E-state index contributed by atoms with van der Waals surface area (Å²) in [7, 11) is -3.84. The quantitative estimate of drug-likeness (QED) is 0.318. The molecule has 0 saturated carbocycles. The molecule has 0 radical (unpaired) electrons. The van der Waals surface area contributed by atoms with E-state index >= 15 is 0 Å². The molecule has 0 aliphatic heterocycles. The van der Waals surface area contributed by atoms with Crippen LogP contribution in [0.2, 0.25) is 0 Å². The van der Waals surface area contributed by atoms with E-state index in [1.165, 1.54) is 11.3 Å². The molecule has 4 rings (SSSR count). The molecule has 3 aromatic rings. The van der Waals surface area contributed by atoms with Crippen molar-refractivity contribution in [2.45, 2.75) is 45.8 Å². The zero-order valence-electron chi connectivity index (χ0n) is 20.1. The van der Waals surface area contributed by atoms with Gasteiger partial charge in [-0.3, -0.25) is 4.79 Å². The Morgan fingerprint density at radius 1 is 1.25 bits per heavy atom. The standard InChI is InChI=1S/C25H26N4O5S2/c1-5-33-23(30)14-36(31,32)29-20-11-10-17-18(20)7-6-8-19(17)25-28-27-24(35-25)16-9-12-22(34-15(2)3)21(13-16)26-4/h6-9,12-13,15,20,29H,5,10-11,14H2,1-3H3/t20-/m0/s1. The lowest BCUT2D eigenvalue weighted by Crippen LogP contribution is -2.33. The number of hydrogen-bond acceptors (Lipinski definition) is 8. The van der Waals surface area contributed by atoms with E-state index < -0.39 is 27.8 Å². The van der Waals surface area contributed by atoms with Gasteiger partial charge >= 0.3 is 5.97 Å². The average molecular weight is 527 g/mol. The number of nitrogens with one attached hydrogen (secondary N) is 1. The fourth-order valence-electron chi connectivity index (χ4n) is 4.13. The fourth-order valence-corrected chi connectivity index (χ4v) is 6.18. The van der Waals surface area contributed by atoms with Gasteiger partial charge in [0, 0.05) is 17.2 Å². The average Bonchev–Trinajstić information content (AvgIpc) is 3.46. The first-order valence-electron chi connectivity index (χ1n) is 11.5. The normalized spacial score (nSPS) is 14.9. The first-order chi connectivity index (χ1) is 17.2. The summed E-state index contributed by atoms with van der Waals surface area (Å²) in [5, 5.41) is 10.1. The van der Waals surface area contributed by atoms with Crippen LogP contribution in [0.25, 0.3) is 26.0 Å². The van der Waals surface area contributed by atoms with E-state index in [2.05, 4.69) is 19.8 Å². The number of ether oxygens (including phenoxy) is 2. The van der Waals surface area contributed by atoms with Crippen molar-refractivity contribution in [3.05, 3.63) is 58.9 Å². The maximum atomic E-state index is 12.5. The molecule has 1 heterocycles. The number of fused-ring (bicyclic) bond motifs is 1. The van der Waals surface area contributed by atoms with Crippen molar-refractivity contribution < 1.29 is 22.7 Å². The van der Waals surface area contributed by atoms with E-state index in [-0.39, 0.29) is 12.7 Å². The summed E-state index contributed by atoms with van der Waals surface area (Å²) >= 11 is 1.41. The predicted molar refractivity (Wildman–Crippen MR) is 137 cm³/mol. The minimum absolute atomic E-state index is 0.0388. The Bertz CT molecular complexity index is 1430. The summed E-state index contributed by atoms with van der Waals surface area (Å²) in [4.78, 5) is 15.2. The number of nitrogens with zero attached hydrogens (tertiary/aromatic N) is 3. The molecule has 1 atom stereocenters. The number of carbonyl (C=O) groups excluding carboxylic acids is 1. The number of sulfonamides is 1. The molecule has 1 aliphatic carbocycles. The molecule has 188 valence electrons. The van der Waals surface area contributed by atoms with Crippen LogP contribution in [0.15, 0.2) is 36.4 Å². The molecule has 11 heteroatoms. The van der Waals surface area contributed by atoms with Gasteiger partial charge in [-0.25, -0.2) is 18.0 Å². The van der Waals surface area contributed by atoms with Gasteiger partial charge in [0.15, 0.2) is 5.75 Å². The highest BCUT2D eigenvalue weighted by Gasteiger charge is 2.30. The number of rotatable bonds is 9. The van der Waals surface area contributed by atoms with Crippen LogP contribution < -0.4 is 9.46 Å². The first kappa shape index (κ1) is 25.8. The van der Waals surface area contributed by atoms with Crippen LogP contribution in [0.1, 0.15) is 44.4 Å². The molecule has 1 N–H and O–H groups in total. The maximum Gasteiger partial charge on any atom is 0.322 e. The highest BCUT2D eigenvalue weighted by atomic mass is 32.2. The molecule has 1 aliphatic rings. The van der Waals surface area contributed by atoms with Crippen LogP contribution in [-0.2, 0) is 26.0 Å². The van der Waals surface area contributed by atoms with Crippen molar-refractivity contribution in [2.24, 2.45) is 0 Å². The molecule has 9 nitrogen and oxygen atoms in total. The summed E-state index contributed by atoms with van der Waals surface area (Å²) < 4.78 is 38.1. The van der Waals surface area contributed by atoms with Crippen LogP contribution in [-0.4, -0.2) is 43.0 Å². The Balaban J connectivity index is 1.58. The van der Waals surface area contributed by atoms with E-state index in [1.54, 1.807) is 19.1 Å². The maximum absolute atomic E-state index is 12.5. The van der Waals surface area contributed by atoms with E-state index in [1.807, 2.05) is 38.1 Å². The minimum Gasteiger partial charge on any atom is -0.502 e. The smallest absolute Gasteiger partial charge is 0.322 e. The lowest BCUT2D eigenvalue weighted by atomic mass is 10.0. The zero-order valence-corrected chi connectivity index (χ0v) is 21.8. The topological polar surface area (TPSA) is 112 Å². The van der Waals surface area contributed by atoms with Gasteiger partial charge in [-0.1, -0.05) is 35.6 Å². The molecule has 36 heavy (non-hydrogen) atoms. The van der Waals surface area contributed by atoms with Gasteiger partial charge in [-0.15, -0.1) is 10.2 Å². The lowest BCUT2D eigenvalue weighted by molar-refractivity contribution is -0.139. The Labute approximate surface area is 214 Å². The minimum atomic E-state index is -3.84. The van der Waals surface area contributed by atoms with Crippen LogP contribution in [0.4, 0.5) is 5.69 Å². The van der Waals surface area contributed by atoms with Crippen molar-refractivity contribution >= 4 is 33.0 Å². The SMILES string of the molecule is [C-]#[N+]c1cc(-c2nnc(-c3cccc4c3CC[C@@H]4NS(=O)(=O)CC(=O)OCC)s2)ccc1OC(C)C. The van der Waals surface area contributed by atoms with E-state index in [4.69, 9.17) is 16.0 Å². The Morgan fingerprint density at radius 3 is 2.75 bits per heavy atom. The molecular formula is C25H26N4O5S2. The Hall–Kier alpha value is -3.33. The largest absolute Gasteiger partial charge is 0.502 e. The van der Waals surface area contributed by atoms with Crippen molar-refractivity contribution in [2.75, 3.05) is 12.4 Å². The van der Waals surface area contributed by atoms with Gasteiger partial charge in [0.25, 0.3) is 0 Å². The summed E-state index contributed by atoms with van der Waals surface area (Å²) in [5.41, 5.74) is 3.96. The predicted octanol–water partition coefficient (Wildman–Crippen LogP) is 4.68. The number of hydrogen-bond donors (Lipinski definition) is 1. The third-order valence-electron chi connectivity index (χ3n) is 5.55. The summed E-state index contributed by atoms with van der Waals surface area (Å²) in [5.74, 6) is -0.950. The number of aromatic nitrogens is 2. The van der Waals surface area contributed by atoms with Gasteiger partial charge in [-0.2, -0.15) is 0 Å². The zero-order chi connectivity index (χ0) is 25.9. The highest BCUT2D eigenvalue weighted by Crippen LogP contribution is 2.41. The summed E-state index contributed by atoms with van der Waals surface area (Å²) in [6, 6.07) is 10.7. The van der Waals surface area contributed by atoms with Crippen LogP contribution in [0.5, 0.6) is 5.75 Å². The van der Waals surface area contributed by atoms with E-state index in [0.29, 0.717) is 34.3 Å². The molecule has 0 spiro atoms. The van der Waals surface area contributed by atoms with Crippen molar-refractivity contribution in [3.8, 4) is 26.9 Å². The Morgan fingerprint density at radius 2 is 2.03 bits per heavy atom. The van der Waals surface area contributed by atoms with Crippen molar-refractivity contribution in [1.29, 1.82) is 0 Å². The fraction of sp³-hybridized carbons (Fsp3) is 0.360. The van der Waals surface area contributed by atoms with Gasteiger partial charge < -0.3 is 9.47 Å². The van der Waals surface area contributed by atoms with Gasteiger partial charge in [0.1, 0.15) is 15.8 Å². The van der Waals surface area contributed by atoms with E-state index in [0.717, 1.165) is 22.3 Å². The summed E-state index contributed by atoms with van der Waals surface area (Å²) in [6.07, 6.45) is 1.20. The second kappa shape index (κ2) is 10.7. The molecule has 0 fully saturated rings. The van der Waals surface area contributed by atoms with Crippen LogP contribution in [0.3, 0.4) is 0 Å². The third kappa shape index (κ3) is 5.73. The van der Waals surface area contributed by atoms with Crippen LogP contribution >= 0.6 is 11.3 Å². The first-order valence-corrected chi connectivity index (χ1v) is 14.0. The van der Waals surface area contributed by atoms with Gasteiger partial charge in [0.2, 0.25) is 15.7 Å². The monoisotopic (exact) mass is 526 g/mol. The number of benzene rings is 2. The van der Waals surface area contributed by atoms with E-state index in [9.17, 15) is 13.2 Å². The molecule has 0 unspecified atom stereocenters. The summed E-state index contributed by atoms with van der Waals surface area (Å²) in [6.45, 7) is 13.1. The third-order valence-corrected chi connectivity index (χ3v) is 7.82. The van der Waals surface area contributed by atoms with Crippen molar-refractivity contribution in [3.63, 3.8) is 0 Å². The molecule has 1 aromatic heterocycles. The molecule has 2 aromatic carbocycles. The second-order valence-electron chi connectivity index (χ2n) is 8.52. The molecule has 0 amide bonds. The lowest BCUT2D eigenvalue weighted by Gasteiger charge is -2.14. The Kier molecular flexibility index (Phi) is 7.68. The molecule has 0 bridgehead atoms. The van der Waals surface area contributed by atoms with Gasteiger partial charge in [0.05, 0.1) is 19.3 Å². The number of carbonyl (C=O) groups is 1. The highest BCUT2D eigenvalue weighted by molar-refractivity contribution is 7.90.